The Morgan fingerprint density at radius 2 is 1.72 bits per heavy atom. The quantitative estimate of drug-likeness (QED) is 0.629. The normalized spacial score (nSPS) is 13.7. The van der Waals surface area contributed by atoms with E-state index in [1.54, 1.807) is 0 Å². The summed E-state index contributed by atoms with van der Waals surface area (Å²) in [7, 11) is 0. The number of hydrogen-bond acceptors (Lipinski definition) is 1. The summed E-state index contributed by atoms with van der Waals surface area (Å²) in [5, 5.41) is 2.67. The fourth-order valence-corrected chi connectivity index (χ4v) is 1.63. The van der Waals surface area contributed by atoms with Crippen molar-refractivity contribution in [2.24, 2.45) is 0 Å². The average Bonchev–Trinajstić information content (AvgIpc) is 2.23. The van der Waals surface area contributed by atoms with Gasteiger partial charge in [-0.3, -0.25) is 0 Å². The van der Waals surface area contributed by atoms with Gasteiger partial charge in [0, 0.05) is 18.0 Å². The molecule has 0 aliphatic heterocycles. The van der Waals surface area contributed by atoms with Gasteiger partial charge < -0.3 is 5.32 Å². The Kier molecular flexibility index (Phi) is 5.07. The summed E-state index contributed by atoms with van der Waals surface area (Å²) in [5.41, 5.74) is -0.149. The van der Waals surface area contributed by atoms with Crippen LogP contribution in [0, 0.1) is 11.6 Å². The van der Waals surface area contributed by atoms with E-state index in [9.17, 15) is 22.0 Å². The van der Waals surface area contributed by atoms with Crippen LogP contribution in [0.5, 0.6) is 0 Å². The second-order valence-electron chi connectivity index (χ2n) is 4.03. The van der Waals surface area contributed by atoms with Crippen molar-refractivity contribution in [3.05, 3.63) is 35.4 Å². The van der Waals surface area contributed by atoms with E-state index in [2.05, 4.69) is 5.32 Å². The Hall–Kier alpha value is -1.17. The van der Waals surface area contributed by atoms with Gasteiger partial charge in [0.15, 0.2) is 0 Å². The molecule has 0 bridgehead atoms. The van der Waals surface area contributed by atoms with Crippen molar-refractivity contribution in [3.8, 4) is 0 Å². The van der Waals surface area contributed by atoms with Gasteiger partial charge in [-0.15, -0.1) is 0 Å². The lowest BCUT2D eigenvalue weighted by Gasteiger charge is -2.16. The van der Waals surface area contributed by atoms with Crippen LogP contribution in [0.3, 0.4) is 0 Å². The van der Waals surface area contributed by atoms with Crippen molar-refractivity contribution in [1.82, 2.24) is 5.32 Å². The fourth-order valence-electron chi connectivity index (χ4n) is 1.63. The Morgan fingerprint density at radius 3 is 2.22 bits per heavy atom. The third-order valence-corrected chi connectivity index (χ3v) is 2.52. The molecule has 0 heterocycles. The van der Waals surface area contributed by atoms with Crippen LogP contribution in [-0.2, 0) is 0 Å². The fraction of sp³-hybridized carbons (Fsp3) is 0.500. The molecule has 1 nitrogen and oxygen atoms in total. The van der Waals surface area contributed by atoms with Crippen molar-refractivity contribution in [2.75, 3.05) is 6.54 Å². The summed E-state index contributed by atoms with van der Waals surface area (Å²) in [5.74, 6) is -1.41. The van der Waals surface area contributed by atoms with Gasteiger partial charge in [-0.2, -0.15) is 13.2 Å². The van der Waals surface area contributed by atoms with E-state index >= 15 is 0 Å². The Morgan fingerprint density at radius 1 is 1.17 bits per heavy atom. The smallest absolute Gasteiger partial charge is 0.310 e. The molecule has 0 radical (unpaired) electrons. The Balaban J connectivity index is 2.48. The van der Waals surface area contributed by atoms with Gasteiger partial charge >= 0.3 is 6.18 Å². The van der Waals surface area contributed by atoms with Crippen LogP contribution in [0.15, 0.2) is 18.2 Å². The van der Waals surface area contributed by atoms with Gasteiger partial charge in [-0.25, -0.2) is 8.78 Å². The highest BCUT2D eigenvalue weighted by Crippen LogP contribution is 2.22. The van der Waals surface area contributed by atoms with Gasteiger partial charge in [-0.1, -0.05) is 6.07 Å². The van der Waals surface area contributed by atoms with Gasteiger partial charge in [0.25, 0.3) is 0 Å². The molecule has 0 aromatic heterocycles. The molecule has 0 fully saturated rings. The van der Waals surface area contributed by atoms with Crippen molar-refractivity contribution in [3.63, 3.8) is 0 Å². The molecule has 1 aromatic carbocycles. The maximum atomic E-state index is 13.3. The zero-order valence-electron chi connectivity index (χ0n) is 9.82. The standard InChI is InChI=1S/C12H14F5N/c1-8(18-7-3-6-12(15,16)17)11-9(13)4-2-5-10(11)14/h2,4-5,8,18H,3,6-7H2,1H3. The van der Waals surface area contributed by atoms with E-state index in [-0.39, 0.29) is 18.5 Å². The van der Waals surface area contributed by atoms with E-state index in [1.807, 2.05) is 0 Å². The van der Waals surface area contributed by atoms with Crippen molar-refractivity contribution in [1.29, 1.82) is 0 Å². The number of rotatable bonds is 5. The minimum Gasteiger partial charge on any atom is -0.310 e. The molecular weight excluding hydrogens is 253 g/mol. The lowest BCUT2D eigenvalue weighted by Crippen LogP contribution is -2.23. The third-order valence-electron chi connectivity index (χ3n) is 2.52. The van der Waals surface area contributed by atoms with Crippen LogP contribution in [0.4, 0.5) is 22.0 Å². The molecule has 1 atom stereocenters. The predicted molar refractivity (Wildman–Crippen MR) is 58.1 cm³/mol. The van der Waals surface area contributed by atoms with E-state index in [1.165, 1.54) is 13.0 Å². The number of halogens is 5. The molecule has 0 amide bonds. The monoisotopic (exact) mass is 267 g/mol. The first-order valence-corrected chi connectivity index (χ1v) is 5.55. The maximum Gasteiger partial charge on any atom is 0.389 e. The first-order valence-electron chi connectivity index (χ1n) is 5.55. The summed E-state index contributed by atoms with van der Waals surface area (Å²) in [6, 6.07) is 2.81. The minimum atomic E-state index is -4.20. The lowest BCUT2D eigenvalue weighted by molar-refractivity contribution is -0.135. The molecule has 1 unspecified atom stereocenters. The molecule has 1 N–H and O–H groups in total. The van der Waals surface area contributed by atoms with Crippen molar-refractivity contribution in [2.45, 2.75) is 32.0 Å². The Labute approximate surface area is 102 Å². The molecule has 0 aliphatic rings. The molecule has 6 heteroatoms. The number of hydrogen-bond donors (Lipinski definition) is 1. The minimum absolute atomic E-state index is 0.0501. The molecule has 0 spiro atoms. The highest BCUT2D eigenvalue weighted by atomic mass is 19.4. The molecule has 0 saturated heterocycles. The molecule has 1 aromatic rings. The highest BCUT2D eigenvalue weighted by Gasteiger charge is 2.26. The lowest BCUT2D eigenvalue weighted by atomic mass is 10.1. The average molecular weight is 267 g/mol. The maximum absolute atomic E-state index is 13.3. The van der Waals surface area contributed by atoms with Crippen molar-refractivity contribution >= 4 is 0 Å². The van der Waals surface area contributed by atoms with Crippen LogP contribution in [0.25, 0.3) is 0 Å². The molecule has 1 rings (SSSR count). The first-order chi connectivity index (χ1) is 8.31. The van der Waals surface area contributed by atoms with Crippen LogP contribution in [0.1, 0.15) is 31.4 Å². The van der Waals surface area contributed by atoms with Gasteiger partial charge in [0.05, 0.1) is 0 Å². The number of benzene rings is 1. The molecule has 0 aliphatic carbocycles. The van der Waals surface area contributed by atoms with Gasteiger partial charge in [0.2, 0.25) is 0 Å². The van der Waals surface area contributed by atoms with E-state index < -0.39 is 30.3 Å². The summed E-state index contributed by atoms with van der Waals surface area (Å²) in [4.78, 5) is 0. The molecular formula is C12H14F5N. The molecule has 102 valence electrons. The van der Waals surface area contributed by atoms with Crippen LogP contribution in [0.2, 0.25) is 0 Å². The topological polar surface area (TPSA) is 12.0 Å². The SMILES string of the molecule is CC(NCCCC(F)(F)F)c1c(F)cccc1F. The number of alkyl halides is 3. The van der Waals surface area contributed by atoms with Crippen LogP contribution in [-0.4, -0.2) is 12.7 Å². The van der Waals surface area contributed by atoms with Crippen LogP contribution < -0.4 is 5.32 Å². The van der Waals surface area contributed by atoms with E-state index in [4.69, 9.17) is 0 Å². The predicted octanol–water partition coefficient (Wildman–Crippen LogP) is 3.96. The third kappa shape index (κ3) is 4.60. The van der Waals surface area contributed by atoms with Crippen molar-refractivity contribution < 1.29 is 22.0 Å². The zero-order chi connectivity index (χ0) is 13.8. The summed E-state index contributed by atoms with van der Waals surface area (Å²) in [6.45, 7) is 1.56. The van der Waals surface area contributed by atoms with E-state index in [0.29, 0.717) is 0 Å². The second kappa shape index (κ2) is 6.13. The summed E-state index contributed by atoms with van der Waals surface area (Å²) < 4.78 is 62.3. The Bertz CT molecular complexity index is 368. The molecule has 0 saturated carbocycles. The zero-order valence-corrected chi connectivity index (χ0v) is 9.82. The van der Waals surface area contributed by atoms with Gasteiger partial charge in [0.1, 0.15) is 11.6 Å². The number of nitrogens with one attached hydrogen (secondary N) is 1. The highest BCUT2D eigenvalue weighted by molar-refractivity contribution is 5.22. The van der Waals surface area contributed by atoms with E-state index in [0.717, 1.165) is 12.1 Å². The summed E-state index contributed by atoms with van der Waals surface area (Å²) >= 11 is 0. The van der Waals surface area contributed by atoms with Crippen LogP contribution >= 0.6 is 0 Å². The van der Waals surface area contributed by atoms with Gasteiger partial charge in [-0.05, 0) is 32.0 Å². The first kappa shape index (κ1) is 14.9. The largest absolute Gasteiger partial charge is 0.389 e. The summed E-state index contributed by atoms with van der Waals surface area (Å²) in [6.07, 6.45) is -5.23. The molecule has 18 heavy (non-hydrogen) atoms. The second-order valence-corrected chi connectivity index (χ2v) is 4.03.